The van der Waals surface area contributed by atoms with Gasteiger partial charge >= 0.3 is 408 Å². The first-order chi connectivity index (χ1) is 32.3. The molecule has 0 aliphatic rings. The summed E-state index contributed by atoms with van der Waals surface area (Å²) < 4.78 is 105. The SMILES string of the molecule is C(=C/[AsH](c1ccccc1)c1ccccc1)/[AsH](c1ccccc1)c1ccccc1.C(=C/[AsH](c1ccccc1)c1ccccc1)/[AsH](c1ccccc1)c1ccccc1.F[P-](F)(F)(F)(F)F.O=S(=O)([O-])[O-].[Rh+3]. The molecule has 0 atom stereocenters. The molecular formula is C52H48As4F6O4PRhS. The van der Waals surface area contributed by atoms with Crippen molar-refractivity contribution in [2.75, 3.05) is 0 Å². The third kappa shape index (κ3) is 23.6. The first kappa shape index (κ1) is 57.6. The van der Waals surface area contributed by atoms with Crippen LogP contribution in [0.5, 0.6) is 0 Å². The van der Waals surface area contributed by atoms with Crippen molar-refractivity contribution in [3.8, 4) is 0 Å². The van der Waals surface area contributed by atoms with E-state index in [0.717, 1.165) is 0 Å². The van der Waals surface area contributed by atoms with Crippen LogP contribution in [0.4, 0.5) is 25.2 Å². The summed E-state index contributed by atoms with van der Waals surface area (Å²) in [6.45, 7) is 0. The van der Waals surface area contributed by atoms with Gasteiger partial charge in [-0.05, 0) is 0 Å². The molecule has 4 radical (unpaired) electrons. The zero-order chi connectivity index (χ0) is 48.9. The van der Waals surface area contributed by atoms with Gasteiger partial charge in [-0.15, -0.1) is 0 Å². The molecule has 0 saturated heterocycles. The second-order valence-corrected chi connectivity index (χ2v) is 36.8. The van der Waals surface area contributed by atoms with E-state index in [4.69, 9.17) is 17.5 Å². The summed E-state index contributed by atoms with van der Waals surface area (Å²) >= 11 is -6.90. The van der Waals surface area contributed by atoms with E-state index in [9.17, 15) is 25.2 Å². The van der Waals surface area contributed by atoms with Gasteiger partial charge in [0, 0.05) is 10.4 Å². The van der Waals surface area contributed by atoms with Crippen molar-refractivity contribution in [3.05, 3.63) is 262 Å². The predicted molar refractivity (Wildman–Crippen MR) is 280 cm³/mol. The van der Waals surface area contributed by atoms with Crippen molar-refractivity contribution in [1.82, 2.24) is 0 Å². The molecule has 0 N–H and O–H groups in total. The predicted octanol–water partition coefficient (Wildman–Crippen LogP) is 7.45. The van der Waals surface area contributed by atoms with Crippen molar-refractivity contribution in [1.29, 1.82) is 0 Å². The number of halogens is 6. The van der Waals surface area contributed by atoms with Crippen molar-refractivity contribution in [3.63, 3.8) is 0 Å². The Morgan fingerprint density at radius 2 is 0.377 bits per heavy atom. The van der Waals surface area contributed by atoms with Gasteiger partial charge in [-0.1, -0.05) is 0 Å². The molecule has 0 fully saturated rings. The van der Waals surface area contributed by atoms with E-state index in [-0.39, 0.29) is 19.5 Å². The molecule has 4 nitrogen and oxygen atoms in total. The molecule has 0 amide bonds. The monoisotopic (exact) mass is 1320 g/mol. The maximum absolute atomic E-state index is 10.7. The molecule has 17 heteroatoms. The van der Waals surface area contributed by atoms with Crippen molar-refractivity contribution in [2.24, 2.45) is 0 Å². The minimum atomic E-state index is -10.7. The van der Waals surface area contributed by atoms with E-state index < -0.39 is 76.8 Å². The molecular weight excluding hydrogens is 1270 g/mol. The zero-order valence-corrected chi connectivity index (χ0v) is 48.2. The molecule has 0 aromatic heterocycles. The van der Waals surface area contributed by atoms with E-state index in [1.807, 2.05) is 0 Å². The van der Waals surface area contributed by atoms with Gasteiger partial charge < -0.3 is 9.11 Å². The van der Waals surface area contributed by atoms with Crippen LogP contribution in [0.25, 0.3) is 0 Å². The van der Waals surface area contributed by atoms with E-state index in [1.165, 1.54) is 34.8 Å². The van der Waals surface area contributed by atoms with E-state index in [2.05, 4.69) is 262 Å². The molecule has 362 valence electrons. The second kappa shape index (κ2) is 27.0. The molecule has 69 heavy (non-hydrogen) atoms. The van der Waals surface area contributed by atoms with Gasteiger partial charge in [0.2, 0.25) is 0 Å². The Hall–Kier alpha value is -4.02. The molecule has 0 aliphatic carbocycles. The Kier molecular flexibility index (Phi) is 22.5. The number of hydrogen-bond acceptors (Lipinski definition) is 4. The van der Waals surface area contributed by atoms with Crippen LogP contribution in [0.15, 0.2) is 262 Å². The van der Waals surface area contributed by atoms with Gasteiger partial charge in [-0.2, -0.15) is 0 Å². The van der Waals surface area contributed by atoms with Crippen LogP contribution < -0.4 is 34.8 Å². The van der Waals surface area contributed by atoms with Crippen LogP contribution in [0, 0.1) is 0 Å². The number of rotatable bonds is 12. The minimum Gasteiger partial charge on any atom is -0.759 e. The summed E-state index contributed by atoms with van der Waals surface area (Å²) in [6, 6.07) is 88.5. The normalized spacial score (nSPS) is 12.4. The number of benzene rings is 8. The molecule has 8 aromatic rings. The molecule has 8 rings (SSSR count). The van der Waals surface area contributed by atoms with Gasteiger partial charge in [0.25, 0.3) is 0 Å². The molecule has 0 saturated carbocycles. The molecule has 0 aliphatic heterocycles. The van der Waals surface area contributed by atoms with E-state index in [1.54, 1.807) is 0 Å². The average molecular weight is 1320 g/mol. The smallest absolute Gasteiger partial charge is 0.759 e. The zero-order valence-electron chi connectivity index (χ0n) is 36.5. The van der Waals surface area contributed by atoms with Gasteiger partial charge in [0.1, 0.15) is 0 Å². The Morgan fingerprint density at radius 1 is 0.290 bits per heavy atom. The average Bonchev–Trinajstić information content (AvgIpc) is 3.33. The molecule has 0 unspecified atom stereocenters. The summed E-state index contributed by atoms with van der Waals surface area (Å²) in [7, 11) is -15.8. The quantitative estimate of drug-likeness (QED) is 0.0419. The minimum absolute atomic E-state index is 0. The van der Waals surface area contributed by atoms with Crippen molar-refractivity contribution >= 4 is 112 Å². The first-order valence-corrected chi connectivity index (χ1v) is 37.4. The fraction of sp³-hybridized carbons (Fsp3) is 0. The Balaban J connectivity index is 0.000000241. The van der Waals surface area contributed by atoms with Crippen LogP contribution in [0.3, 0.4) is 0 Å². The van der Waals surface area contributed by atoms with Crippen molar-refractivity contribution in [2.45, 2.75) is 0 Å². The van der Waals surface area contributed by atoms with Gasteiger partial charge in [0.15, 0.2) is 0 Å². The van der Waals surface area contributed by atoms with Gasteiger partial charge in [0.05, 0.1) is 0 Å². The summed E-state index contributed by atoms with van der Waals surface area (Å²) in [5, 5.41) is 0. The van der Waals surface area contributed by atoms with E-state index >= 15 is 0 Å². The fourth-order valence-corrected chi connectivity index (χ4v) is 30.7. The fourth-order valence-electron chi connectivity index (χ4n) is 6.71. The first-order valence-electron chi connectivity index (χ1n) is 20.8. The largest absolute Gasteiger partial charge is 3.00 e. The Morgan fingerprint density at radius 3 is 0.464 bits per heavy atom. The van der Waals surface area contributed by atoms with Gasteiger partial charge in [-0.3, -0.25) is 8.42 Å². The summed E-state index contributed by atoms with van der Waals surface area (Å²) in [5.74, 6) is 0. The Bertz CT molecular complexity index is 2360. The molecule has 0 bridgehead atoms. The van der Waals surface area contributed by atoms with Crippen LogP contribution in [-0.2, 0) is 29.9 Å². The van der Waals surface area contributed by atoms with Gasteiger partial charge in [-0.25, -0.2) is 0 Å². The third-order valence-corrected chi connectivity index (χ3v) is 32.7. The van der Waals surface area contributed by atoms with Crippen molar-refractivity contribution < 1.29 is 62.2 Å². The second-order valence-electron chi connectivity index (χ2n) is 14.6. The van der Waals surface area contributed by atoms with Crippen LogP contribution in [0.1, 0.15) is 0 Å². The van der Waals surface area contributed by atoms with Crippen LogP contribution in [-0.4, -0.2) is 76.1 Å². The third-order valence-electron chi connectivity index (χ3n) is 9.51. The maximum Gasteiger partial charge on any atom is 3.00 e. The van der Waals surface area contributed by atoms with E-state index in [0.29, 0.717) is 0 Å². The molecule has 0 heterocycles. The molecule has 0 spiro atoms. The van der Waals surface area contributed by atoms with Crippen LogP contribution >= 0.6 is 7.81 Å². The summed E-state index contributed by atoms with van der Waals surface area (Å²) in [5.41, 5.74) is 0. The Labute approximate surface area is 431 Å². The maximum atomic E-state index is 9.87. The molecule has 8 aromatic carbocycles. The number of hydrogen-bond donors (Lipinski definition) is 0. The standard InChI is InChI=1S/2C26H24As2.F6P.H2O4S.Rh/c2*1-5-13-23(14-6-1)27(24-15-7-2-8-16-24)21-22-28(25-17-9-3-10-18-25)26-19-11-4-12-20-26;1-7(2,3,4,5)6;1-5(2,3)4;/h2*1-22,27-28H;;(H2,1,2,3,4);/q;;-1;;+3/p-2/b2*22-21-;;;. The summed E-state index contributed by atoms with van der Waals surface area (Å²) in [6.07, 6.45) is 0. The topological polar surface area (TPSA) is 80.3 Å². The van der Waals surface area contributed by atoms with Crippen LogP contribution in [0.2, 0.25) is 0 Å². The summed E-state index contributed by atoms with van der Waals surface area (Å²) in [4.78, 5) is 10.4.